The molecule has 0 spiro atoms. The Bertz CT molecular complexity index is 422. The lowest BCUT2D eigenvalue weighted by atomic mass is 9.87. The third-order valence-electron chi connectivity index (χ3n) is 3.71. The number of hydrogen-bond donors (Lipinski definition) is 2. The lowest BCUT2D eigenvalue weighted by Gasteiger charge is -2.27. The number of rotatable bonds is 1. The van der Waals surface area contributed by atoms with Crippen LogP contribution in [0, 0.1) is 13.8 Å². The second-order valence-corrected chi connectivity index (χ2v) is 5.68. The van der Waals surface area contributed by atoms with Gasteiger partial charge in [0.05, 0.1) is 4.47 Å². The molecule has 0 bridgehead atoms. The number of benzene rings is 1. The van der Waals surface area contributed by atoms with Crippen molar-refractivity contribution in [1.29, 1.82) is 0 Å². The molecule has 0 aromatic heterocycles. The number of phenolic OH excluding ortho intramolecular Hbond substituents is 1. The lowest BCUT2D eigenvalue weighted by Crippen LogP contribution is -2.33. The number of aromatic hydroxyl groups is 1. The van der Waals surface area contributed by atoms with Gasteiger partial charge in [0, 0.05) is 11.1 Å². The van der Waals surface area contributed by atoms with Gasteiger partial charge in [0.15, 0.2) is 0 Å². The number of halogens is 1. The summed E-state index contributed by atoms with van der Waals surface area (Å²) >= 11 is 3.47. The fraction of sp³-hybridized carbons (Fsp3) is 0.538. The summed E-state index contributed by atoms with van der Waals surface area (Å²) in [6.45, 7) is 7.30. The maximum absolute atomic E-state index is 10.2. The van der Waals surface area contributed by atoms with Crippen LogP contribution >= 0.6 is 15.9 Å². The second-order valence-electron chi connectivity index (χ2n) is 4.89. The number of aryl methyl sites for hydroxylation is 1. The summed E-state index contributed by atoms with van der Waals surface area (Å²) in [4.78, 5) is 0. The van der Waals surface area contributed by atoms with Crippen molar-refractivity contribution in [3.8, 4) is 5.75 Å². The summed E-state index contributed by atoms with van der Waals surface area (Å²) in [7, 11) is 0. The third kappa shape index (κ3) is 1.76. The van der Waals surface area contributed by atoms with Gasteiger partial charge in [0.2, 0.25) is 0 Å². The Morgan fingerprint density at radius 3 is 2.69 bits per heavy atom. The topological polar surface area (TPSA) is 32.3 Å². The van der Waals surface area contributed by atoms with Gasteiger partial charge in [-0.25, -0.2) is 0 Å². The van der Waals surface area contributed by atoms with Crippen LogP contribution < -0.4 is 5.32 Å². The van der Waals surface area contributed by atoms with Gasteiger partial charge >= 0.3 is 0 Å². The normalized spacial score (nSPS) is 25.0. The largest absolute Gasteiger partial charge is 0.506 e. The second kappa shape index (κ2) is 4.04. The van der Waals surface area contributed by atoms with Crippen LogP contribution in [0.3, 0.4) is 0 Å². The van der Waals surface area contributed by atoms with Crippen molar-refractivity contribution in [2.24, 2.45) is 0 Å². The van der Waals surface area contributed by atoms with Crippen LogP contribution in [0.1, 0.15) is 36.5 Å². The highest BCUT2D eigenvalue weighted by Gasteiger charge is 2.33. The smallest absolute Gasteiger partial charge is 0.135 e. The first-order chi connectivity index (χ1) is 7.46. The van der Waals surface area contributed by atoms with Gasteiger partial charge in [0.25, 0.3) is 0 Å². The molecule has 2 N–H and O–H groups in total. The molecule has 1 heterocycles. The highest BCUT2D eigenvalue weighted by atomic mass is 79.9. The Balaban J connectivity index is 2.57. The van der Waals surface area contributed by atoms with E-state index < -0.39 is 0 Å². The molecule has 16 heavy (non-hydrogen) atoms. The van der Waals surface area contributed by atoms with E-state index in [0.717, 1.165) is 28.6 Å². The van der Waals surface area contributed by atoms with Crippen LogP contribution in [0.25, 0.3) is 0 Å². The molecule has 3 heteroatoms. The molecule has 88 valence electrons. The fourth-order valence-corrected chi connectivity index (χ4v) is 2.93. The van der Waals surface area contributed by atoms with E-state index in [1.54, 1.807) is 0 Å². The molecule has 0 amide bonds. The Kier molecular flexibility index (Phi) is 3.01. The van der Waals surface area contributed by atoms with Gasteiger partial charge in [-0.15, -0.1) is 0 Å². The Hall–Kier alpha value is -0.540. The van der Waals surface area contributed by atoms with Crippen LogP contribution in [0.15, 0.2) is 10.5 Å². The van der Waals surface area contributed by atoms with E-state index >= 15 is 0 Å². The summed E-state index contributed by atoms with van der Waals surface area (Å²) in [5.74, 6) is 0.389. The highest BCUT2D eigenvalue weighted by molar-refractivity contribution is 9.10. The zero-order valence-corrected chi connectivity index (χ0v) is 11.6. The first kappa shape index (κ1) is 11.9. The van der Waals surface area contributed by atoms with Crippen LogP contribution in [-0.4, -0.2) is 11.7 Å². The van der Waals surface area contributed by atoms with Crippen LogP contribution in [0.5, 0.6) is 5.75 Å². The Morgan fingerprint density at radius 2 is 2.12 bits per heavy atom. The van der Waals surface area contributed by atoms with Gasteiger partial charge < -0.3 is 10.4 Å². The molecule has 1 unspecified atom stereocenters. The molecule has 0 radical (unpaired) electrons. The molecule has 1 aliphatic rings. The molecule has 2 nitrogen and oxygen atoms in total. The first-order valence-corrected chi connectivity index (χ1v) is 6.49. The molecule has 2 rings (SSSR count). The maximum Gasteiger partial charge on any atom is 0.135 e. The van der Waals surface area contributed by atoms with E-state index in [0.29, 0.717) is 5.75 Å². The van der Waals surface area contributed by atoms with E-state index in [-0.39, 0.29) is 5.54 Å². The molecular formula is C13H18BrNO. The number of phenols is 1. The Labute approximate surface area is 105 Å². The summed E-state index contributed by atoms with van der Waals surface area (Å²) < 4.78 is 0.831. The number of hydrogen-bond acceptors (Lipinski definition) is 2. The first-order valence-electron chi connectivity index (χ1n) is 5.70. The van der Waals surface area contributed by atoms with Gasteiger partial charge in [0.1, 0.15) is 5.75 Å². The van der Waals surface area contributed by atoms with Gasteiger partial charge in [-0.1, -0.05) is 6.07 Å². The van der Waals surface area contributed by atoms with Crippen molar-refractivity contribution in [3.05, 3.63) is 27.2 Å². The molecule has 0 saturated carbocycles. The summed E-state index contributed by atoms with van der Waals surface area (Å²) in [5, 5.41) is 13.7. The van der Waals surface area contributed by atoms with Crippen molar-refractivity contribution in [2.45, 2.75) is 39.2 Å². The highest BCUT2D eigenvalue weighted by Crippen LogP contribution is 2.41. The molecule has 1 aromatic rings. The summed E-state index contributed by atoms with van der Waals surface area (Å²) in [5.41, 5.74) is 3.27. The van der Waals surface area contributed by atoms with Crippen LogP contribution in [0.4, 0.5) is 0 Å². The zero-order chi connectivity index (χ0) is 11.9. The SMILES string of the molecule is Cc1cc(C2(C)CCCN2)c(O)c(Br)c1C. The third-order valence-corrected chi connectivity index (χ3v) is 4.68. The average molecular weight is 284 g/mol. The van der Waals surface area contributed by atoms with Crippen molar-refractivity contribution in [3.63, 3.8) is 0 Å². The van der Waals surface area contributed by atoms with E-state index in [1.165, 1.54) is 12.0 Å². The van der Waals surface area contributed by atoms with Gasteiger partial charge in [-0.2, -0.15) is 0 Å². The predicted molar refractivity (Wildman–Crippen MR) is 69.9 cm³/mol. The molecule has 1 aliphatic heterocycles. The summed E-state index contributed by atoms with van der Waals surface area (Å²) in [6, 6.07) is 2.10. The van der Waals surface area contributed by atoms with Crippen molar-refractivity contribution in [1.82, 2.24) is 5.32 Å². The standard InChI is InChI=1S/C13H18BrNO/c1-8-7-10(12(16)11(14)9(8)2)13(3)5-4-6-15-13/h7,15-16H,4-6H2,1-3H3. The minimum atomic E-state index is -0.0783. The van der Waals surface area contributed by atoms with Crippen molar-refractivity contribution in [2.75, 3.05) is 6.54 Å². The molecule has 1 saturated heterocycles. The van der Waals surface area contributed by atoms with Gasteiger partial charge in [-0.3, -0.25) is 0 Å². The molecule has 1 aromatic carbocycles. The maximum atomic E-state index is 10.2. The molecular weight excluding hydrogens is 266 g/mol. The zero-order valence-electron chi connectivity index (χ0n) is 10.0. The Morgan fingerprint density at radius 1 is 1.44 bits per heavy atom. The van der Waals surface area contributed by atoms with E-state index in [4.69, 9.17) is 0 Å². The quantitative estimate of drug-likeness (QED) is 0.828. The molecule has 0 aliphatic carbocycles. The minimum Gasteiger partial charge on any atom is -0.506 e. The van der Waals surface area contributed by atoms with E-state index in [9.17, 15) is 5.11 Å². The van der Waals surface area contributed by atoms with Crippen LogP contribution in [0.2, 0.25) is 0 Å². The summed E-state index contributed by atoms with van der Waals surface area (Å²) in [6.07, 6.45) is 2.25. The lowest BCUT2D eigenvalue weighted by molar-refractivity contribution is 0.392. The average Bonchev–Trinajstić information content (AvgIpc) is 2.68. The molecule has 1 fully saturated rings. The fourth-order valence-electron chi connectivity index (χ4n) is 2.41. The molecule has 1 atom stereocenters. The van der Waals surface area contributed by atoms with Crippen molar-refractivity contribution < 1.29 is 5.11 Å². The van der Waals surface area contributed by atoms with Crippen molar-refractivity contribution >= 4 is 15.9 Å². The van der Waals surface area contributed by atoms with Gasteiger partial charge in [-0.05, 0) is 67.2 Å². The van der Waals surface area contributed by atoms with E-state index in [1.807, 2.05) is 6.92 Å². The predicted octanol–water partition coefficient (Wildman–Crippen LogP) is 3.37. The minimum absolute atomic E-state index is 0.0783. The van der Waals surface area contributed by atoms with Crippen LogP contribution in [-0.2, 0) is 5.54 Å². The number of nitrogens with one attached hydrogen (secondary N) is 1. The monoisotopic (exact) mass is 283 g/mol. The van der Waals surface area contributed by atoms with E-state index in [2.05, 4.69) is 41.2 Å².